The van der Waals surface area contributed by atoms with E-state index in [2.05, 4.69) is 27.3 Å². The molecule has 1 aliphatic rings. The van der Waals surface area contributed by atoms with Gasteiger partial charge in [-0.3, -0.25) is 9.48 Å². The Labute approximate surface area is 142 Å². The lowest BCUT2D eigenvalue weighted by Gasteiger charge is -2.26. The summed E-state index contributed by atoms with van der Waals surface area (Å²) in [5, 5.41) is 7.80. The molecule has 1 saturated heterocycles. The van der Waals surface area contributed by atoms with Gasteiger partial charge in [0.15, 0.2) is 0 Å². The molecule has 3 rings (SSSR count). The summed E-state index contributed by atoms with van der Waals surface area (Å²) in [7, 11) is 3.82. The molecule has 128 valence electrons. The van der Waals surface area contributed by atoms with Crippen LogP contribution in [-0.2, 0) is 11.8 Å². The molecule has 0 radical (unpaired) electrons. The second-order valence-corrected chi connectivity index (χ2v) is 6.52. The van der Waals surface area contributed by atoms with Crippen molar-refractivity contribution in [2.45, 2.75) is 33.2 Å². The first kappa shape index (κ1) is 16.4. The van der Waals surface area contributed by atoms with Gasteiger partial charge in [-0.25, -0.2) is 9.97 Å². The number of nitrogens with zero attached hydrogens (tertiary/aromatic N) is 5. The SMILES string of the molecule is Cc1ccnc(NC[C@@H]2CC(=O)N(C)[C@H]2c2c(C)nn(C)c2C)n1. The minimum atomic E-state index is 0.0310. The summed E-state index contributed by atoms with van der Waals surface area (Å²) < 4.78 is 1.88. The highest BCUT2D eigenvalue weighted by atomic mass is 16.2. The van der Waals surface area contributed by atoms with Gasteiger partial charge in [0.05, 0.1) is 11.7 Å². The third-order valence-electron chi connectivity index (χ3n) is 4.87. The van der Waals surface area contributed by atoms with Crippen LogP contribution in [0, 0.1) is 26.7 Å². The molecule has 1 N–H and O–H groups in total. The van der Waals surface area contributed by atoms with Crippen LogP contribution in [-0.4, -0.2) is 44.1 Å². The zero-order chi connectivity index (χ0) is 17.4. The normalized spacial score (nSPS) is 20.7. The predicted molar refractivity (Wildman–Crippen MR) is 91.6 cm³/mol. The molecule has 24 heavy (non-hydrogen) atoms. The fraction of sp³-hybridized carbons (Fsp3) is 0.529. The van der Waals surface area contributed by atoms with E-state index in [4.69, 9.17) is 0 Å². The van der Waals surface area contributed by atoms with Crippen LogP contribution in [0.15, 0.2) is 12.3 Å². The van der Waals surface area contributed by atoms with Crippen LogP contribution < -0.4 is 5.32 Å². The molecular formula is C17H24N6O. The summed E-state index contributed by atoms with van der Waals surface area (Å²) in [5.74, 6) is 0.934. The van der Waals surface area contributed by atoms with E-state index in [9.17, 15) is 4.79 Å². The van der Waals surface area contributed by atoms with Gasteiger partial charge < -0.3 is 10.2 Å². The summed E-state index contributed by atoms with van der Waals surface area (Å²) in [4.78, 5) is 22.8. The van der Waals surface area contributed by atoms with Crippen LogP contribution in [0.3, 0.4) is 0 Å². The van der Waals surface area contributed by atoms with Gasteiger partial charge in [0.1, 0.15) is 0 Å². The van der Waals surface area contributed by atoms with Crippen molar-refractivity contribution in [1.29, 1.82) is 0 Å². The van der Waals surface area contributed by atoms with Crippen LogP contribution in [0.2, 0.25) is 0 Å². The molecule has 0 spiro atoms. The number of carbonyl (C=O) groups excluding carboxylic acids is 1. The van der Waals surface area contributed by atoms with Gasteiger partial charge in [-0.2, -0.15) is 5.10 Å². The standard InChI is InChI=1S/C17H24N6O/c1-10-6-7-18-17(20-10)19-9-13-8-14(24)22(4)16(13)15-11(2)21-23(5)12(15)3/h6-7,13,16H,8-9H2,1-5H3,(H,18,19,20)/t13-,16+/m0/s1. The average Bonchev–Trinajstić information content (AvgIpc) is 2.94. The molecule has 0 saturated carbocycles. The minimum absolute atomic E-state index is 0.0310. The first-order chi connectivity index (χ1) is 11.4. The number of amides is 1. The van der Waals surface area contributed by atoms with Crippen LogP contribution in [0.4, 0.5) is 5.95 Å². The Morgan fingerprint density at radius 2 is 2.04 bits per heavy atom. The maximum atomic E-state index is 12.3. The van der Waals surface area contributed by atoms with E-state index in [1.165, 1.54) is 0 Å². The zero-order valence-electron chi connectivity index (χ0n) is 14.9. The molecule has 0 aromatic carbocycles. The first-order valence-electron chi connectivity index (χ1n) is 8.17. The first-order valence-corrected chi connectivity index (χ1v) is 8.17. The molecule has 2 aromatic rings. The average molecular weight is 328 g/mol. The number of carbonyl (C=O) groups is 1. The highest BCUT2D eigenvalue weighted by Crippen LogP contribution is 2.39. The lowest BCUT2D eigenvalue weighted by molar-refractivity contribution is -0.127. The van der Waals surface area contributed by atoms with Crippen molar-refractivity contribution in [3.63, 3.8) is 0 Å². The summed E-state index contributed by atoms with van der Waals surface area (Å²) in [6.07, 6.45) is 2.26. The monoisotopic (exact) mass is 328 g/mol. The largest absolute Gasteiger partial charge is 0.354 e. The summed E-state index contributed by atoms with van der Waals surface area (Å²) in [5.41, 5.74) is 4.17. The molecule has 7 nitrogen and oxygen atoms in total. The fourth-order valence-corrected chi connectivity index (χ4v) is 3.54. The van der Waals surface area contributed by atoms with Gasteiger partial charge in [0, 0.05) is 56.1 Å². The third kappa shape index (κ3) is 2.86. The van der Waals surface area contributed by atoms with E-state index >= 15 is 0 Å². The third-order valence-corrected chi connectivity index (χ3v) is 4.87. The molecule has 7 heteroatoms. The molecule has 2 atom stereocenters. The summed E-state index contributed by atoms with van der Waals surface area (Å²) in [6, 6.07) is 1.90. The Bertz CT molecular complexity index is 768. The molecule has 0 aliphatic carbocycles. The Morgan fingerprint density at radius 1 is 1.29 bits per heavy atom. The van der Waals surface area contributed by atoms with E-state index in [0.29, 0.717) is 18.9 Å². The van der Waals surface area contributed by atoms with Crippen LogP contribution >= 0.6 is 0 Å². The predicted octanol–water partition coefficient (Wildman–Crippen LogP) is 1.77. The molecule has 1 aliphatic heterocycles. The topological polar surface area (TPSA) is 75.9 Å². The van der Waals surface area contributed by atoms with Crippen LogP contribution in [0.25, 0.3) is 0 Å². The number of aryl methyl sites for hydroxylation is 3. The molecule has 3 heterocycles. The van der Waals surface area contributed by atoms with Gasteiger partial charge in [0.25, 0.3) is 0 Å². The molecule has 0 unspecified atom stereocenters. The molecule has 2 aromatic heterocycles. The van der Waals surface area contributed by atoms with Crippen molar-refractivity contribution in [3.05, 3.63) is 34.9 Å². The van der Waals surface area contributed by atoms with E-state index < -0.39 is 0 Å². The molecular weight excluding hydrogens is 304 g/mol. The number of likely N-dealkylation sites (tertiary alicyclic amines) is 1. The van der Waals surface area contributed by atoms with Crippen molar-refractivity contribution >= 4 is 11.9 Å². The second-order valence-electron chi connectivity index (χ2n) is 6.52. The zero-order valence-corrected chi connectivity index (χ0v) is 14.9. The van der Waals surface area contributed by atoms with Gasteiger partial charge in [-0.1, -0.05) is 0 Å². The highest BCUT2D eigenvalue weighted by Gasteiger charge is 2.40. The second kappa shape index (κ2) is 6.22. The minimum Gasteiger partial charge on any atom is -0.354 e. The Morgan fingerprint density at radius 3 is 2.67 bits per heavy atom. The van der Waals surface area contributed by atoms with Crippen LogP contribution in [0.5, 0.6) is 0 Å². The van der Waals surface area contributed by atoms with Crippen molar-refractivity contribution < 1.29 is 4.79 Å². The summed E-state index contributed by atoms with van der Waals surface area (Å²) >= 11 is 0. The quantitative estimate of drug-likeness (QED) is 0.925. The van der Waals surface area contributed by atoms with Crippen molar-refractivity contribution in [2.75, 3.05) is 18.9 Å². The van der Waals surface area contributed by atoms with E-state index in [1.54, 1.807) is 6.20 Å². The van der Waals surface area contributed by atoms with E-state index in [0.717, 1.165) is 22.6 Å². The number of hydrogen-bond donors (Lipinski definition) is 1. The van der Waals surface area contributed by atoms with Gasteiger partial charge >= 0.3 is 0 Å². The van der Waals surface area contributed by atoms with Crippen molar-refractivity contribution in [2.24, 2.45) is 13.0 Å². The molecule has 1 fully saturated rings. The lowest BCUT2D eigenvalue weighted by Crippen LogP contribution is -2.27. The number of nitrogens with one attached hydrogen (secondary N) is 1. The van der Waals surface area contributed by atoms with Gasteiger partial charge in [-0.15, -0.1) is 0 Å². The fourth-order valence-electron chi connectivity index (χ4n) is 3.54. The van der Waals surface area contributed by atoms with Gasteiger partial charge in [-0.05, 0) is 26.8 Å². The maximum Gasteiger partial charge on any atom is 0.223 e. The molecule has 0 bridgehead atoms. The number of rotatable bonds is 4. The van der Waals surface area contributed by atoms with E-state index in [1.807, 2.05) is 43.6 Å². The van der Waals surface area contributed by atoms with Crippen molar-refractivity contribution in [3.8, 4) is 0 Å². The number of hydrogen-bond acceptors (Lipinski definition) is 5. The van der Waals surface area contributed by atoms with Gasteiger partial charge in [0.2, 0.25) is 11.9 Å². The number of anilines is 1. The Kier molecular flexibility index (Phi) is 4.26. The number of aromatic nitrogens is 4. The molecule has 1 amide bonds. The Hall–Kier alpha value is -2.44. The highest BCUT2D eigenvalue weighted by molar-refractivity contribution is 5.79. The summed E-state index contributed by atoms with van der Waals surface area (Å²) in [6.45, 7) is 6.65. The van der Waals surface area contributed by atoms with E-state index in [-0.39, 0.29) is 17.9 Å². The van der Waals surface area contributed by atoms with Crippen molar-refractivity contribution in [1.82, 2.24) is 24.6 Å². The Balaban J connectivity index is 1.84. The lowest BCUT2D eigenvalue weighted by atomic mass is 9.92. The van der Waals surface area contributed by atoms with Crippen LogP contribution in [0.1, 0.15) is 35.1 Å². The smallest absolute Gasteiger partial charge is 0.223 e. The maximum absolute atomic E-state index is 12.3.